The Labute approximate surface area is 167 Å². The minimum Gasteiger partial charge on any atom is -0.399 e. The van der Waals surface area contributed by atoms with Crippen molar-refractivity contribution in [3.05, 3.63) is 77.2 Å². The van der Waals surface area contributed by atoms with Crippen molar-refractivity contribution in [2.24, 2.45) is 5.10 Å². The summed E-state index contributed by atoms with van der Waals surface area (Å²) in [6.07, 6.45) is 0. The highest BCUT2D eigenvalue weighted by atomic mass is 32.2. The average molecular weight is 415 g/mol. The maximum atomic E-state index is 12.6. The Hall–Kier alpha value is -3.17. The average Bonchev–Trinajstić information content (AvgIpc) is 3.22. The summed E-state index contributed by atoms with van der Waals surface area (Å²) in [7, 11) is -3.77. The highest BCUT2D eigenvalue weighted by molar-refractivity contribution is 7.94. The molecule has 0 aliphatic rings. The molecule has 0 aliphatic carbocycles. The lowest BCUT2D eigenvalue weighted by atomic mass is 10.1. The van der Waals surface area contributed by atoms with Crippen molar-refractivity contribution < 1.29 is 13.2 Å². The van der Waals surface area contributed by atoms with Crippen LogP contribution >= 0.6 is 11.3 Å². The zero-order chi connectivity index (χ0) is 20.1. The summed E-state index contributed by atoms with van der Waals surface area (Å²) in [6.45, 7) is 1.74. The molecule has 0 spiro atoms. The van der Waals surface area contributed by atoms with Crippen molar-refractivity contribution in [2.75, 3.05) is 10.5 Å². The molecule has 7 nitrogen and oxygen atoms in total. The van der Waals surface area contributed by atoms with E-state index in [0.29, 0.717) is 11.4 Å². The van der Waals surface area contributed by atoms with Crippen LogP contribution in [0.15, 0.2) is 75.4 Å². The minimum atomic E-state index is -3.77. The summed E-state index contributed by atoms with van der Waals surface area (Å²) >= 11 is 1.09. The summed E-state index contributed by atoms with van der Waals surface area (Å²) < 4.78 is 27.5. The van der Waals surface area contributed by atoms with E-state index in [0.717, 1.165) is 16.9 Å². The number of nitrogens with one attached hydrogen (secondary N) is 2. The number of anilines is 2. The van der Waals surface area contributed by atoms with Crippen LogP contribution in [0.2, 0.25) is 0 Å². The molecular formula is C19H18N4O3S2. The van der Waals surface area contributed by atoms with Crippen molar-refractivity contribution in [3.63, 3.8) is 0 Å². The van der Waals surface area contributed by atoms with Crippen LogP contribution in [0.3, 0.4) is 0 Å². The molecule has 0 fully saturated rings. The van der Waals surface area contributed by atoms with E-state index in [1.165, 1.54) is 18.2 Å². The molecule has 9 heteroatoms. The number of amides is 1. The molecule has 0 saturated carbocycles. The fraction of sp³-hybridized carbons (Fsp3) is 0.0526. The number of sulfonamides is 1. The molecule has 28 heavy (non-hydrogen) atoms. The van der Waals surface area contributed by atoms with Gasteiger partial charge in [-0.2, -0.15) is 5.10 Å². The monoisotopic (exact) mass is 414 g/mol. The smallest absolute Gasteiger partial charge is 0.273 e. The molecule has 2 aromatic carbocycles. The highest BCUT2D eigenvalue weighted by Gasteiger charge is 2.19. The van der Waals surface area contributed by atoms with Crippen molar-refractivity contribution in [3.8, 4) is 0 Å². The predicted octanol–water partition coefficient (Wildman–Crippen LogP) is 3.29. The van der Waals surface area contributed by atoms with Gasteiger partial charge in [0.1, 0.15) is 4.21 Å². The van der Waals surface area contributed by atoms with Gasteiger partial charge in [0.15, 0.2) is 0 Å². The molecule has 3 rings (SSSR count). The quantitative estimate of drug-likeness (QED) is 0.326. The fourth-order valence-corrected chi connectivity index (χ4v) is 4.48. The molecule has 1 heterocycles. The van der Waals surface area contributed by atoms with E-state index in [4.69, 9.17) is 5.73 Å². The van der Waals surface area contributed by atoms with E-state index in [-0.39, 0.29) is 15.5 Å². The lowest BCUT2D eigenvalue weighted by Crippen LogP contribution is -2.22. The van der Waals surface area contributed by atoms with Gasteiger partial charge in [0, 0.05) is 5.69 Å². The second-order valence-electron chi connectivity index (χ2n) is 5.85. The number of hydrazone groups is 1. The van der Waals surface area contributed by atoms with E-state index >= 15 is 0 Å². The Kier molecular flexibility index (Phi) is 5.76. The van der Waals surface area contributed by atoms with Gasteiger partial charge in [-0.1, -0.05) is 30.3 Å². The summed E-state index contributed by atoms with van der Waals surface area (Å²) in [4.78, 5) is 12.6. The molecule has 0 atom stereocenters. The maximum absolute atomic E-state index is 12.6. The number of nitrogen functional groups attached to an aromatic ring is 1. The number of carbonyl (C=O) groups excluding carboxylic acids is 1. The number of hydrogen-bond acceptors (Lipinski definition) is 6. The largest absolute Gasteiger partial charge is 0.399 e. The van der Waals surface area contributed by atoms with E-state index in [9.17, 15) is 13.2 Å². The third kappa shape index (κ3) is 4.56. The summed E-state index contributed by atoms with van der Waals surface area (Å²) in [5.74, 6) is -0.535. The summed E-state index contributed by atoms with van der Waals surface area (Å²) in [5.41, 5.74) is 10.5. The van der Waals surface area contributed by atoms with Gasteiger partial charge in [-0.25, -0.2) is 13.8 Å². The number of rotatable bonds is 6. The second kappa shape index (κ2) is 8.24. The number of benzene rings is 2. The first-order valence-corrected chi connectivity index (χ1v) is 10.6. The molecule has 0 unspecified atom stereocenters. The molecule has 0 bridgehead atoms. The zero-order valence-electron chi connectivity index (χ0n) is 14.9. The van der Waals surface area contributed by atoms with E-state index in [1.54, 1.807) is 48.7 Å². The molecular weight excluding hydrogens is 396 g/mol. The van der Waals surface area contributed by atoms with Gasteiger partial charge in [0.05, 0.1) is 17.0 Å². The number of para-hydroxylation sites is 1. The van der Waals surface area contributed by atoms with Gasteiger partial charge in [-0.05, 0) is 48.2 Å². The second-order valence-corrected chi connectivity index (χ2v) is 8.70. The van der Waals surface area contributed by atoms with Crippen LogP contribution in [0, 0.1) is 0 Å². The molecule has 1 amide bonds. The van der Waals surface area contributed by atoms with Gasteiger partial charge in [0.25, 0.3) is 15.9 Å². The van der Waals surface area contributed by atoms with Gasteiger partial charge in [0.2, 0.25) is 0 Å². The molecule has 0 radical (unpaired) electrons. The molecule has 3 aromatic rings. The minimum absolute atomic E-state index is 0.159. The number of thiophene rings is 1. The maximum Gasteiger partial charge on any atom is 0.273 e. The Morgan fingerprint density at radius 3 is 2.57 bits per heavy atom. The predicted molar refractivity (Wildman–Crippen MR) is 112 cm³/mol. The normalized spacial score (nSPS) is 11.8. The Balaban J connectivity index is 1.80. The molecule has 4 N–H and O–H groups in total. The van der Waals surface area contributed by atoms with Crippen LogP contribution in [0.4, 0.5) is 11.4 Å². The Morgan fingerprint density at radius 2 is 1.86 bits per heavy atom. The van der Waals surface area contributed by atoms with Crippen molar-refractivity contribution in [1.29, 1.82) is 0 Å². The molecule has 0 aliphatic heterocycles. The van der Waals surface area contributed by atoms with Crippen molar-refractivity contribution in [2.45, 2.75) is 11.1 Å². The van der Waals surface area contributed by atoms with Gasteiger partial charge < -0.3 is 5.73 Å². The van der Waals surface area contributed by atoms with Crippen molar-refractivity contribution in [1.82, 2.24) is 5.43 Å². The van der Waals surface area contributed by atoms with Crippen LogP contribution in [0.1, 0.15) is 22.8 Å². The molecule has 1 aromatic heterocycles. The number of nitrogens with zero attached hydrogens (tertiary/aromatic N) is 1. The number of carbonyl (C=O) groups is 1. The van der Waals surface area contributed by atoms with E-state index < -0.39 is 15.9 Å². The number of hydrogen-bond donors (Lipinski definition) is 3. The first-order chi connectivity index (χ1) is 13.4. The molecule has 144 valence electrons. The van der Waals surface area contributed by atoms with E-state index in [2.05, 4.69) is 15.2 Å². The van der Waals surface area contributed by atoms with E-state index in [1.807, 2.05) is 6.07 Å². The van der Waals surface area contributed by atoms with Crippen LogP contribution < -0.4 is 15.9 Å². The topological polar surface area (TPSA) is 114 Å². The Morgan fingerprint density at radius 1 is 1.07 bits per heavy atom. The third-order valence-corrected chi connectivity index (χ3v) is 6.57. The van der Waals surface area contributed by atoms with Crippen LogP contribution in [-0.4, -0.2) is 20.0 Å². The van der Waals surface area contributed by atoms with Gasteiger partial charge in [-0.3, -0.25) is 9.52 Å². The highest BCUT2D eigenvalue weighted by Crippen LogP contribution is 2.22. The van der Waals surface area contributed by atoms with Crippen LogP contribution in [0.25, 0.3) is 0 Å². The lowest BCUT2D eigenvalue weighted by molar-refractivity contribution is 0.0955. The lowest BCUT2D eigenvalue weighted by Gasteiger charge is -2.11. The SMILES string of the molecule is C/C(=N/NC(=O)c1ccccc1NS(=O)(=O)c1cccs1)c1cccc(N)c1. The van der Waals surface area contributed by atoms with Crippen LogP contribution in [0.5, 0.6) is 0 Å². The van der Waals surface area contributed by atoms with Crippen molar-refractivity contribution >= 4 is 44.4 Å². The first-order valence-electron chi connectivity index (χ1n) is 8.23. The number of nitrogens with two attached hydrogens (primary N) is 1. The fourth-order valence-electron chi connectivity index (χ4n) is 2.40. The summed E-state index contributed by atoms with van der Waals surface area (Å²) in [6, 6.07) is 16.6. The zero-order valence-corrected chi connectivity index (χ0v) is 16.5. The Bertz CT molecular complexity index is 1120. The van der Waals surface area contributed by atoms with Gasteiger partial charge >= 0.3 is 0 Å². The first kappa shape index (κ1) is 19.6. The molecule has 0 saturated heterocycles. The van der Waals surface area contributed by atoms with Gasteiger partial charge in [-0.15, -0.1) is 11.3 Å². The summed E-state index contributed by atoms with van der Waals surface area (Å²) in [5, 5.41) is 5.75. The van der Waals surface area contributed by atoms with Crippen LogP contribution in [-0.2, 0) is 10.0 Å². The third-order valence-electron chi connectivity index (χ3n) is 3.81. The standard InChI is InChI=1S/C19H18N4O3S2/c1-13(14-6-4-7-15(20)12-14)21-22-19(24)16-8-2-3-9-17(16)23-28(25,26)18-10-5-11-27-18/h2-12,23H,20H2,1H3,(H,22,24)/b21-13-.